The maximum absolute atomic E-state index is 6.39. The molecule has 3 rings (SSSR count). The van der Waals surface area contributed by atoms with E-state index in [1.165, 1.54) is 5.56 Å². The number of rotatable bonds is 2. The van der Waals surface area contributed by atoms with Gasteiger partial charge in [0.05, 0.1) is 12.7 Å². The number of benzene rings is 1. The molecular weight excluding hydrogens is 238 g/mol. The van der Waals surface area contributed by atoms with Gasteiger partial charge in [-0.15, -0.1) is 0 Å². The maximum Gasteiger partial charge on any atom is 0.124 e. The summed E-state index contributed by atoms with van der Waals surface area (Å²) >= 11 is 0. The van der Waals surface area contributed by atoms with Crippen LogP contribution in [-0.4, -0.2) is 24.9 Å². The molecule has 1 N–H and O–H groups in total. The van der Waals surface area contributed by atoms with Gasteiger partial charge in [-0.2, -0.15) is 0 Å². The van der Waals surface area contributed by atoms with Gasteiger partial charge in [-0.3, -0.25) is 0 Å². The Morgan fingerprint density at radius 3 is 2.95 bits per heavy atom. The molecule has 104 valence electrons. The van der Waals surface area contributed by atoms with E-state index in [-0.39, 0.29) is 5.60 Å². The fourth-order valence-electron chi connectivity index (χ4n) is 3.46. The molecule has 2 aliphatic rings. The van der Waals surface area contributed by atoms with Gasteiger partial charge in [0.15, 0.2) is 0 Å². The lowest BCUT2D eigenvalue weighted by Gasteiger charge is -2.46. The van der Waals surface area contributed by atoms with Gasteiger partial charge in [-0.25, -0.2) is 0 Å². The highest BCUT2D eigenvalue weighted by Gasteiger charge is 2.43. The molecule has 2 heterocycles. The molecule has 1 aromatic rings. The number of hydrogen-bond acceptors (Lipinski definition) is 3. The summed E-state index contributed by atoms with van der Waals surface area (Å²) in [5, 5.41) is 3.61. The molecule has 3 atom stereocenters. The average molecular weight is 261 g/mol. The van der Waals surface area contributed by atoms with Gasteiger partial charge in [0.1, 0.15) is 11.4 Å². The zero-order chi connectivity index (χ0) is 13.3. The van der Waals surface area contributed by atoms with Crippen molar-refractivity contribution in [2.45, 2.75) is 50.9 Å². The molecule has 1 fully saturated rings. The van der Waals surface area contributed by atoms with Crippen LogP contribution in [0, 0.1) is 0 Å². The third-order valence-electron chi connectivity index (χ3n) is 4.27. The molecule has 2 aliphatic heterocycles. The first-order valence-electron chi connectivity index (χ1n) is 7.35. The zero-order valence-electron chi connectivity index (χ0n) is 11.8. The Hall–Kier alpha value is -1.06. The molecule has 1 aromatic carbocycles. The molecule has 0 aliphatic carbocycles. The van der Waals surface area contributed by atoms with Crippen molar-refractivity contribution >= 4 is 0 Å². The second kappa shape index (κ2) is 5.14. The van der Waals surface area contributed by atoms with Crippen LogP contribution in [0.2, 0.25) is 0 Å². The highest BCUT2D eigenvalue weighted by Crippen LogP contribution is 2.44. The van der Waals surface area contributed by atoms with Crippen LogP contribution in [-0.2, 0) is 4.74 Å². The molecule has 1 saturated heterocycles. The first kappa shape index (κ1) is 12.9. The summed E-state index contributed by atoms with van der Waals surface area (Å²) < 4.78 is 12.1. The second-order valence-electron chi connectivity index (χ2n) is 5.77. The molecule has 19 heavy (non-hydrogen) atoms. The predicted octanol–water partition coefficient (Wildman–Crippen LogP) is 3.06. The van der Waals surface area contributed by atoms with Crippen molar-refractivity contribution in [1.29, 1.82) is 0 Å². The largest absolute Gasteiger partial charge is 0.487 e. The van der Waals surface area contributed by atoms with E-state index in [4.69, 9.17) is 9.47 Å². The van der Waals surface area contributed by atoms with Crippen molar-refractivity contribution < 1.29 is 9.47 Å². The third-order valence-corrected chi connectivity index (χ3v) is 4.27. The molecule has 3 nitrogen and oxygen atoms in total. The van der Waals surface area contributed by atoms with Crippen molar-refractivity contribution in [2.75, 3.05) is 13.2 Å². The molecule has 3 unspecified atom stereocenters. The molecule has 0 bridgehead atoms. The minimum absolute atomic E-state index is 0.0428. The Kier molecular flexibility index (Phi) is 3.50. The standard InChI is InChI=1S/C16H23NO2/c1-3-17-14-11-16(8-9-18-12(2)10-16)19-15-7-5-4-6-13(14)15/h4-7,12,14,17H,3,8-11H2,1-2H3. The van der Waals surface area contributed by atoms with Crippen molar-refractivity contribution in [1.82, 2.24) is 5.32 Å². The minimum atomic E-state index is -0.0428. The van der Waals surface area contributed by atoms with Crippen LogP contribution in [0.3, 0.4) is 0 Å². The maximum atomic E-state index is 6.39. The summed E-state index contributed by atoms with van der Waals surface area (Å²) in [5.41, 5.74) is 1.26. The fraction of sp³-hybridized carbons (Fsp3) is 0.625. The molecule has 0 radical (unpaired) electrons. The summed E-state index contributed by atoms with van der Waals surface area (Å²) in [6.07, 6.45) is 3.32. The molecule has 0 saturated carbocycles. The lowest BCUT2D eigenvalue weighted by molar-refractivity contribution is -0.0966. The number of hydrogen-bond donors (Lipinski definition) is 1. The normalized spacial score (nSPS) is 33.8. The summed E-state index contributed by atoms with van der Waals surface area (Å²) in [6.45, 7) is 6.10. The van der Waals surface area contributed by atoms with E-state index in [0.717, 1.165) is 38.2 Å². The summed E-state index contributed by atoms with van der Waals surface area (Å²) in [5.74, 6) is 1.05. The highest BCUT2D eigenvalue weighted by atomic mass is 16.5. The lowest BCUT2D eigenvalue weighted by atomic mass is 9.80. The van der Waals surface area contributed by atoms with Crippen LogP contribution in [0.4, 0.5) is 0 Å². The van der Waals surface area contributed by atoms with Gasteiger partial charge in [0, 0.05) is 30.9 Å². The smallest absolute Gasteiger partial charge is 0.124 e. The zero-order valence-corrected chi connectivity index (χ0v) is 11.8. The van der Waals surface area contributed by atoms with Crippen molar-refractivity contribution in [3.8, 4) is 5.75 Å². The topological polar surface area (TPSA) is 30.5 Å². The van der Waals surface area contributed by atoms with Crippen LogP contribution < -0.4 is 10.1 Å². The molecular formula is C16H23NO2. The third kappa shape index (κ3) is 2.49. The van der Waals surface area contributed by atoms with Crippen LogP contribution in [0.25, 0.3) is 0 Å². The van der Waals surface area contributed by atoms with E-state index in [1.54, 1.807) is 0 Å². The van der Waals surface area contributed by atoms with Gasteiger partial charge < -0.3 is 14.8 Å². The Morgan fingerprint density at radius 1 is 1.32 bits per heavy atom. The molecule has 1 spiro atoms. The van der Waals surface area contributed by atoms with Gasteiger partial charge in [0.25, 0.3) is 0 Å². The molecule has 3 heteroatoms. The van der Waals surface area contributed by atoms with E-state index >= 15 is 0 Å². The van der Waals surface area contributed by atoms with Crippen molar-refractivity contribution in [3.05, 3.63) is 29.8 Å². The Morgan fingerprint density at radius 2 is 2.16 bits per heavy atom. The lowest BCUT2D eigenvalue weighted by Crippen LogP contribution is -2.49. The monoisotopic (exact) mass is 261 g/mol. The van der Waals surface area contributed by atoms with Gasteiger partial charge in [-0.1, -0.05) is 25.1 Å². The van der Waals surface area contributed by atoms with Gasteiger partial charge in [-0.05, 0) is 19.5 Å². The van der Waals surface area contributed by atoms with Crippen molar-refractivity contribution in [3.63, 3.8) is 0 Å². The SMILES string of the molecule is CCNC1CC2(CCOC(C)C2)Oc2ccccc21. The summed E-state index contributed by atoms with van der Waals surface area (Å²) in [6, 6.07) is 8.83. The van der Waals surface area contributed by atoms with Crippen LogP contribution in [0.15, 0.2) is 24.3 Å². The Labute approximate surface area is 115 Å². The number of fused-ring (bicyclic) bond motifs is 1. The van der Waals surface area contributed by atoms with Crippen LogP contribution in [0.1, 0.15) is 44.7 Å². The first-order valence-corrected chi connectivity index (χ1v) is 7.35. The number of ether oxygens (including phenoxy) is 2. The van der Waals surface area contributed by atoms with Gasteiger partial charge in [0.2, 0.25) is 0 Å². The van der Waals surface area contributed by atoms with E-state index in [1.807, 2.05) is 0 Å². The van der Waals surface area contributed by atoms with E-state index in [9.17, 15) is 0 Å². The second-order valence-corrected chi connectivity index (χ2v) is 5.77. The van der Waals surface area contributed by atoms with E-state index in [0.29, 0.717) is 12.1 Å². The van der Waals surface area contributed by atoms with E-state index in [2.05, 4.69) is 43.4 Å². The number of para-hydroxylation sites is 1. The molecule has 0 aromatic heterocycles. The summed E-state index contributed by atoms with van der Waals surface area (Å²) in [4.78, 5) is 0. The van der Waals surface area contributed by atoms with E-state index < -0.39 is 0 Å². The number of nitrogens with one attached hydrogen (secondary N) is 1. The first-order chi connectivity index (χ1) is 9.22. The predicted molar refractivity (Wildman–Crippen MR) is 75.5 cm³/mol. The Balaban J connectivity index is 1.91. The van der Waals surface area contributed by atoms with Crippen LogP contribution >= 0.6 is 0 Å². The average Bonchev–Trinajstić information content (AvgIpc) is 2.38. The van der Waals surface area contributed by atoms with Crippen molar-refractivity contribution in [2.24, 2.45) is 0 Å². The highest BCUT2D eigenvalue weighted by molar-refractivity contribution is 5.39. The van der Waals surface area contributed by atoms with Gasteiger partial charge >= 0.3 is 0 Å². The quantitative estimate of drug-likeness (QED) is 0.887. The Bertz CT molecular complexity index is 448. The molecule has 0 amide bonds. The minimum Gasteiger partial charge on any atom is -0.487 e. The summed E-state index contributed by atoms with van der Waals surface area (Å²) in [7, 11) is 0. The van der Waals surface area contributed by atoms with Crippen LogP contribution in [0.5, 0.6) is 5.75 Å². The fourth-order valence-corrected chi connectivity index (χ4v) is 3.46.